The van der Waals surface area contributed by atoms with E-state index < -0.39 is 16.0 Å². The summed E-state index contributed by atoms with van der Waals surface area (Å²) >= 11 is 0. The lowest BCUT2D eigenvalue weighted by atomic mass is 10.5. The predicted octanol–water partition coefficient (Wildman–Crippen LogP) is 1.34. The summed E-state index contributed by atoms with van der Waals surface area (Å²) < 4.78 is 11.8. The maximum absolute atomic E-state index is 11.2. The van der Waals surface area contributed by atoms with Crippen molar-refractivity contribution in [3.8, 4) is 0 Å². The van der Waals surface area contributed by atoms with E-state index in [1.807, 2.05) is 0 Å². The Morgan fingerprint density at radius 2 is 2.18 bits per heavy atom. The molecule has 17 heavy (non-hydrogen) atoms. The highest BCUT2D eigenvalue weighted by Gasteiger charge is 2.09. The molecule has 0 unspecified atom stereocenters. The molecule has 0 radical (unpaired) electrons. The van der Waals surface area contributed by atoms with Crippen molar-refractivity contribution in [3.63, 3.8) is 0 Å². The molecule has 0 aliphatic heterocycles. The first-order chi connectivity index (χ1) is 7.92. The molecule has 0 fully saturated rings. The van der Waals surface area contributed by atoms with Gasteiger partial charge in [-0.2, -0.15) is 0 Å². The second kappa shape index (κ2) is 6.07. The number of rotatable bonds is 6. The molecule has 0 amide bonds. The van der Waals surface area contributed by atoms with Gasteiger partial charge in [0.05, 0.1) is 20.0 Å². The van der Waals surface area contributed by atoms with Gasteiger partial charge in [0.25, 0.3) is 0 Å². The Balaban J connectivity index is 2.33. The highest BCUT2D eigenvalue weighted by Crippen LogP contribution is 2.33. The summed E-state index contributed by atoms with van der Waals surface area (Å²) in [7, 11) is 0.823. The van der Waals surface area contributed by atoms with Gasteiger partial charge in [0.2, 0.25) is 0 Å². The molecule has 98 valence electrons. The molecule has 1 aromatic heterocycles. The third-order valence-corrected chi connectivity index (χ3v) is 3.50. The van der Waals surface area contributed by atoms with E-state index in [9.17, 15) is 4.79 Å². The summed E-state index contributed by atoms with van der Waals surface area (Å²) in [5, 5.41) is 0. The van der Waals surface area contributed by atoms with Crippen LogP contribution in [0.1, 0.15) is 10.5 Å². The van der Waals surface area contributed by atoms with E-state index in [1.54, 1.807) is 17.1 Å². The molecule has 0 atom stereocenters. The van der Waals surface area contributed by atoms with E-state index in [0.717, 1.165) is 12.4 Å². The Bertz CT molecular complexity index is 371. The minimum atomic E-state index is -0.515. The van der Waals surface area contributed by atoms with Crippen molar-refractivity contribution in [2.45, 2.75) is 6.73 Å². The number of methoxy groups -OCH3 is 1. The third-order valence-electron chi connectivity index (χ3n) is 2.11. The summed E-state index contributed by atoms with van der Waals surface area (Å²) in [6.45, 7) is 1.14. The number of hydrogen-bond acceptors (Lipinski definition) is 4. The first-order valence-corrected chi connectivity index (χ1v) is 8.29. The van der Waals surface area contributed by atoms with Crippen molar-refractivity contribution >= 4 is 16.0 Å². The molecule has 5 nitrogen and oxygen atoms in total. The van der Waals surface area contributed by atoms with Gasteiger partial charge in [0, 0.05) is 11.9 Å². The maximum Gasteiger partial charge on any atom is 0.358 e. The largest absolute Gasteiger partial charge is 0.464 e. The lowest BCUT2D eigenvalue weighted by molar-refractivity contribution is 0.0593. The summed E-state index contributed by atoms with van der Waals surface area (Å²) in [6, 6.07) is 0. The number of carbonyl (C=O) groups is 1. The van der Waals surface area contributed by atoms with E-state index in [1.165, 1.54) is 7.11 Å². The number of hydrogen-bond donors (Lipinski definition) is 0. The van der Waals surface area contributed by atoms with Crippen LogP contribution in [-0.4, -0.2) is 53.8 Å². The second-order valence-corrected chi connectivity index (χ2v) is 9.19. The average Bonchev–Trinajstić information content (AvgIpc) is 2.70. The lowest BCUT2D eigenvalue weighted by Gasteiger charge is -2.24. The summed E-state index contributed by atoms with van der Waals surface area (Å²) in [4.78, 5) is 15.1. The second-order valence-electron chi connectivity index (χ2n) is 4.60. The first-order valence-electron chi connectivity index (χ1n) is 5.26. The standard InChI is InChI=1S/C11H20N2O3S/c1-15-11(14)10-7-13(8-12-10)9-16-5-6-17(2,3)4/h7-8H,5-6,9H2,1-4H3. The Kier molecular flexibility index (Phi) is 5.02. The molecule has 1 rings (SSSR count). The van der Waals surface area contributed by atoms with E-state index >= 15 is 0 Å². The zero-order valence-electron chi connectivity index (χ0n) is 10.8. The van der Waals surface area contributed by atoms with Crippen molar-refractivity contribution in [1.82, 2.24) is 9.55 Å². The van der Waals surface area contributed by atoms with E-state index in [0.29, 0.717) is 12.4 Å². The van der Waals surface area contributed by atoms with Gasteiger partial charge in [0.15, 0.2) is 5.69 Å². The Hall–Kier alpha value is -1.01. The highest BCUT2D eigenvalue weighted by atomic mass is 32.3. The van der Waals surface area contributed by atoms with Crippen LogP contribution in [0, 0.1) is 0 Å². The molecular weight excluding hydrogens is 240 g/mol. The van der Waals surface area contributed by atoms with Crippen molar-refractivity contribution < 1.29 is 14.3 Å². The average molecular weight is 260 g/mol. The van der Waals surface area contributed by atoms with Gasteiger partial charge in [-0.15, -0.1) is 0 Å². The van der Waals surface area contributed by atoms with Gasteiger partial charge in [0.1, 0.15) is 6.73 Å². The fourth-order valence-electron chi connectivity index (χ4n) is 1.12. The molecule has 1 heterocycles. The van der Waals surface area contributed by atoms with E-state index in [-0.39, 0.29) is 0 Å². The summed E-state index contributed by atoms with van der Waals surface area (Å²) in [5.74, 6) is 0.647. The predicted molar refractivity (Wildman–Crippen MR) is 69.7 cm³/mol. The molecule has 1 aromatic rings. The van der Waals surface area contributed by atoms with Crippen LogP contribution in [-0.2, 0) is 16.2 Å². The minimum Gasteiger partial charge on any atom is -0.464 e. The van der Waals surface area contributed by atoms with Gasteiger partial charge in [-0.05, 0) is 18.8 Å². The number of imidazole rings is 1. The summed E-state index contributed by atoms with van der Waals surface area (Å²) in [6.07, 6.45) is 9.95. The van der Waals surface area contributed by atoms with Crippen molar-refractivity contribution in [3.05, 3.63) is 18.2 Å². The zero-order chi connectivity index (χ0) is 12.9. The highest BCUT2D eigenvalue weighted by molar-refractivity contribution is 8.32. The number of carbonyl (C=O) groups excluding carboxylic acids is 1. The number of nitrogens with zero attached hydrogens (tertiary/aromatic N) is 2. The van der Waals surface area contributed by atoms with Gasteiger partial charge < -0.3 is 14.0 Å². The smallest absolute Gasteiger partial charge is 0.358 e. The zero-order valence-corrected chi connectivity index (χ0v) is 11.6. The molecule has 0 aromatic carbocycles. The van der Waals surface area contributed by atoms with Crippen LogP contribution < -0.4 is 0 Å². The SMILES string of the molecule is COC(=O)c1cn(COCCS(C)(C)C)cn1. The van der Waals surface area contributed by atoms with Crippen molar-refractivity contribution in [1.29, 1.82) is 0 Å². The van der Waals surface area contributed by atoms with Crippen LogP contribution in [0.25, 0.3) is 0 Å². The molecule has 0 aliphatic carbocycles. The molecule has 0 spiro atoms. The topological polar surface area (TPSA) is 53.4 Å². The number of esters is 1. The first kappa shape index (κ1) is 14.1. The Morgan fingerprint density at radius 3 is 2.76 bits per heavy atom. The fourth-order valence-corrected chi connectivity index (χ4v) is 1.74. The molecule has 0 saturated carbocycles. The van der Waals surface area contributed by atoms with Crippen LogP contribution in [0.2, 0.25) is 0 Å². The van der Waals surface area contributed by atoms with Crippen LogP contribution in [0.4, 0.5) is 0 Å². The molecule has 6 heteroatoms. The van der Waals surface area contributed by atoms with E-state index in [2.05, 4.69) is 28.5 Å². The van der Waals surface area contributed by atoms with Crippen molar-refractivity contribution in [2.75, 3.05) is 38.2 Å². The van der Waals surface area contributed by atoms with Gasteiger partial charge >= 0.3 is 5.97 Å². The Morgan fingerprint density at radius 1 is 1.47 bits per heavy atom. The summed E-state index contributed by atoms with van der Waals surface area (Å²) in [5.41, 5.74) is 0.303. The fraction of sp³-hybridized carbons (Fsp3) is 0.636. The van der Waals surface area contributed by atoms with Gasteiger partial charge in [-0.25, -0.2) is 19.8 Å². The van der Waals surface area contributed by atoms with Crippen LogP contribution in [0.3, 0.4) is 0 Å². The monoisotopic (exact) mass is 260 g/mol. The van der Waals surface area contributed by atoms with Gasteiger partial charge in [-0.1, -0.05) is 0 Å². The van der Waals surface area contributed by atoms with Crippen molar-refractivity contribution in [2.24, 2.45) is 0 Å². The normalized spacial score (nSPS) is 12.5. The molecule has 0 bridgehead atoms. The lowest BCUT2D eigenvalue weighted by Crippen LogP contribution is -2.09. The molecule has 0 aliphatic rings. The molecule has 0 N–H and O–H groups in total. The van der Waals surface area contributed by atoms with E-state index in [4.69, 9.17) is 4.74 Å². The number of ether oxygens (including phenoxy) is 2. The van der Waals surface area contributed by atoms with Crippen LogP contribution in [0.15, 0.2) is 12.5 Å². The quantitative estimate of drug-likeness (QED) is 0.572. The number of aromatic nitrogens is 2. The Labute approximate surface area is 103 Å². The maximum atomic E-state index is 11.2. The van der Waals surface area contributed by atoms with Crippen LogP contribution in [0.5, 0.6) is 0 Å². The molecular formula is C11H20N2O3S. The molecule has 0 saturated heterocycles. The van der Waals surface area contributed by atoms with Gasteiger partial charge in [-0.3, -0.25) is 0 Å². The van der Waals surface area contributed by atoms with Crippen LogP contribution >= 0.6 is 10.0 Å². The third kappa shape index (κ3) is 5.23. The minimum absolute atomic E-state index is 0.303.